The summed E-state index contributed by atoms with van der Waals surface area (Å²) in [6.45, 7) is 6.97. The Hall–Kier alpha value is -1.25. The number of piperazine rings is 1. The molecule has 1 aromatic carbocycles. The number of benzene rings is 1. The van der Waals surface area contributed by atoms with Crippen molar-refractivity contribution in [3.8, 4) is 0 Å². The minimum Gasteiger partial charge on any atom is -0.353 e. The smallest absolute Gasteiger partial charge is 0.233 e. The van der Waals surface area contributed by atoms with Gasteiger partial charge in [-0.15, -0.1) is 36.6 Å². The van der Waals surface area contributed by atoms with Crippen molar-refractivity contribution in [2.24, 2.45) is 0 Å². The van der Waals surface area contributed by atoms with Crippen molar-refractivity contribution < 1.29 is 4.79 Å². The van der Waals surface area contributed by atoms with Crippen molar-refractivity contribution in [3.05, 3.63) is 52.4 Å². The highest BCUT2D eigenvalue weighted by Gasteiger charge is 2.44. The summed E-state index contributed by atoms with van der Waals surface area (Å²) in [7, 11) is 0. The number of nitrogens with one attached hydrogen (secondary N) is 1. The molecule has 1 N–H and O–H groups in total. The maximum absolute atomic E-state index is 13.9. The minimum atomic E-state index is -0.486. The number of halogens is 3. The normalized spacial score (nSPS) is 21.6. The van der Waals surface area contributed by atoms with E-state index < -0.39 is 5.41 Å². The van der Waals surface area contributed by atoms with Gasteiger partial charge in [0.25, 0.3) is 0 Å². The van der Waals surface area contributed by atoms with Crippen LogP contribution in [0.1, 0.15) is 41.8 Å². The van der Waals surface area contributed by atoms with E-state index in [-0.39, 0.29) is 30.7 Å². The third-order valence-electron chi connectivity index (χ3n) is 6.93. The van der Waals surface area contributed by atoms with Gasteiger partial charge in [-0.1, -0.05) is 23.7 Å². The first-order valence-corrected chi connectivity index (χ1v) is 12.5. The van der Waals surface area contributed by atoms with Gasteiger partial charge in [-0.25, -0.2) is 9.97 Å². The Morgan fingerprint density at radius 1 is 1.15 bits per heavy atom. The topological polar surface area (TPSA) is 61.4 Å². The fourth-order valence-electron chi connectivity index (χ4n) is 5.18. The Bertz CT molecular complexity index is 980. The monoisotopic (exact) mass is 529 g/mol. The Kier molecular flexibility index (Phi) is 8.78. The maximum Gasteiger partial charge on any atom is 0.233 e. The third kappa shape index (κ3) is 4.94. The minimum absolute atomic E-state index is 0. The highest BCUT2D eigenvalue weighted by Crippen LogP contribution is 2.44. The Labute approximate surface area is 217 Å². The Balaban J connectivity index is 0.00000153. The van der Waals surface area contributed by atoms with E-state index in [4.69, 9.17) is 11.6 Å². The fourth-order valence-corrected chi connectivity index (χ4v) is 6.42. The Morgan fingerprint density at radius 3 is 2.58 bits per heavy atom. The SMILES string of the molecule is C[C@H]1SCc2ncnc(N3CCN(C(=O)C4(c5cccc(Cl)c5)CCNCC4)CC3)c21.Cl.Cl. The first kappa shape index (κ1) is 26.4. The van der Waals surface area contributed by atoms with Gasteiger partial charge in [0.1, 0.15) is 12.1 Å². The number of carbonyl (C=O) groups is 1. The number of hydrogen-bond acceptors (Lipinski definition) is 6. The van der Waals surface area contributed by atoms with E-state index in [1.165, 1.54) is 5.56 Å². The lowest BCUT2D eigenvalue weighted by Gasteiger charge is -2.43. The van der Waals surface area contributed by atoms with Gasteiger partial charge in [0.05, 0.1) is 11.1 Å². The van der Waals surface area contributed by atoms with Gasteiger partial charge in [-0.05, 0) is 50.6 Å². The van der Waals surface area contributed by atoms with E-state index in [1.54, 1.807) is 6.33 Å². The van der Waals surface area contributed by atoms with E-state index in [0.717, 1.165) is 74.9 Å². The molecule has 0 bridgehead atoms. The molecule has 0 unspecified atom stereocenters. The number of aromatic nitrogens is 2. The molecule has 10 heteroatoms. The van der Waals surface area contributed by atoms with Crippen LogP contribution < -0.4 is 10.2 Å². The molecule has 3 aliphatic rings. The largest absolute Gasteiger partial charge is 0.353 e. The number of amides is 1. The second-order valence-corrected chi connectivity index (χ2v) is 10.4. The van der Waals surface area contributed by atoms with Gasteiger partial charge in [0.2, 0.25) is 5.91 Å². The molecule has 6 nitrogen and oxygen atoms in total. The second-order valence-electron chi connectivity index (χ2n) is 8.63. The first-order chi connectivity index (χ1) is 15.1. The average Bonchev–Trinajstić information content (AvgIpc) is 3.20. The van der Waals surface area contributed by atoms with Crippen LogP contribution in [0, 0.1) is 0 Å². The Morgan fingerprint density at radius 2 is 1.88 bits per heavy atom. The number of fused-ring (bicyclic) bond motifs is 1. The zero-order valence-electron chi connectivity index (χ0n) is 18.6. The second kappa shape index (κ2) is 11.0. The van der Waals surface area contributed by atoms with Crippen molar-refractivity contribution in [2.45, 2.75) is 36.2 Å². The molecule has 33 heavy (non-hydrogen) atoms. The van der Waals surface area contributed by atoms with E-state index in [0.29, 0.717) is 10.3 Å². The van der Waals surface area contributed by atoms with Crippen LogP contribution in [0.5, 0.6) is 0 Å². The van der Waals surface area contributed by atoms with Crippen LogP contribution in [0.25, 0.3) is 0 Å². The van der Waals surface area contributed by atoms with Crippen LogP contribution in [0.15, 0.2) is 30.6 Å². The molecule has 1 atom stereocenters. The lowest BCUT2D eigenvalue weighted by atomic mass is 9.72. The molecule has 0 saturated carbocycles. The number of carbonyl (C=O) groups excluding carboxylic acids is 1. The molecule has 5 rings (SSSR count). The molecule has 180 valence electrons. The van der Waals surface area contributed by atoms with E-state index >= 15 is 0 Å². The van der Waals surface area contributed by atoms with Crippen molar-refractivity contribution in [1.82, 2.24) is 20.2 Å². The predicted octanol–water partition coefficient (Wildman–Crippen LogP) is 4.25. The number of piperidine rings is 1. The molecule has 2 aromatic rings. The van der Waals surface area contributed by atoms with Gasteiger partial charge >= 0.3 is 0 Å². The number of rotatable bonds is 3. The van der Waals surface area contributed by atoms with Crippen LogP contribution in [-0.4, -0.2) is 60.0 Å². The van der Waals surface area contributed by atoms with E-state index in [9.17, 15) is 4.79 Å². The van der Waals surface area contributed by atoms with Gasteiger partial charge in [-0.3, -0.25) is 4.79 Å². The lowest BCUT2D eigenvalue weighted by molar-refractivity contribution is -0.139. The van der Waals surface area contributed by atoms with Crippen LogP contribution in [0.3, 0.4) is 0 Å². The summed E-state index contributed by atoms with van der Waals surface area (Å²) in [5, 5.41) is 4.53. The summed E-state index contributed by atoms with van der Waals surface area (Å²) in [5.41, 5.74) is 3.00. The van der Waals surface area contributed by atoms with Gasteiger partial charge < -0.3 is 15.1 Å². The molecule has 1 aromatic heterocycles. The van der Waals surface area contributed by atoms with Gasteiger partial charge in [0.15, 0.2) is 0 Å². The fraction of sp³-hybridized carbons (Fsp3) is 0.522. The highest BCUT2D eigenvalue weighted by molar-refractivity contribution is 7.99. The van der Waals surface area contributed by atoms with Crippen molar-refractivity contribution in [1.29, 1.82) is 0 Å². The zero-order valence-corrected chi connectivity index (χ0v) is 21.8. The molecule has 0 spiro atoms. The molecule has 1 amide bonds. The average molecular weight is 531 g/mol. The summed E-state index contributed by atoms with van der Waals surface area (Å²) in [4.78, 5) is 27.4. The molecule has 3 aliphatic heterocycles. The number of thioether (sulfide) groups is 1. The lowest BCUT2D eigenvalue weighted by Crippen LogP contribution is -2.57. The first-order valence-electron chi connectivity index (χ1n) is 11.0. The molecular formula is C23H30Cl3N5OS. The molecule has 0 radical (unpaired) electrons. The molecule has 4 heterocycles. The van der Waals surface area contributed by atoms with E-state index in [2.05, 4.69) is 38.1 Å². The highest BCUT2D eigenvalue weighted by atomic mass is 35.5. The maximum atomic E-state index is 13.9. The van der Waals surface area contributed by atoms with Gasteiger partial charge in [0, 0.05) is 47.8 Å². The zero-order chi connectivity index (χ0) is 21.4. The van der Waals surface area contributed by atoms with Crippen molar-refractivity contribution in [2.75, 3.05) is 44.2 Å². The number of nitrogens with zero attached hydrogens (tertiary/aromatic N) is 4. The van der Waals surface area contributed by atoms with Crippen LogP contribution in [0.2, 0.25) is 5.02 Å². The van der Waals surface area contributed by atoms with Crippen LogP contribution >= 0.6 is 48.2 Å². The van der Waals surface area contributed by atoms with Gasteiger partial charge in [-0.2, -0.15) is 0 Å². The standard InChI is InChI=1S/C23H28ClN5OS.2ClH/c1-16-20-19(14-31-16)26-15-27-21(20)28-9-11-29(12-10-28)22(30)23(5-7-25-8-6-23)17-3-2-4-18(24)13-17;;/h2-4,13,15-16,25H,5-12,14H2,1H3;2*1H/t16-;;/m1../s1. The van der Waals surface area contributed by atoms with Crippen LogP contribution in [0.4, 0.5) is 5.82 Å². The molecule has 0 aliphatic carbocycles. The van der Waals surface area contributed by atoms with Crippen molar-refractivity contribution in [3.63, 3.8) is 0 Å². The predicted molar refractivity (Wildman–Crippen MR) is 140 cm³/mol. The molecular weight excluding hydrogens is 501 g/mol. The summed E-state index contributed by atoms with van der Waals surface area (Å²) >= 11 is 8.22. The van der Waals surface area contributed by atoms with Crippen molar-refractivity contribution >= 4 is 59.9 Å². The third-order valence-corrected chi connectivity index (χ3v) is 8.34. The summed E-state index contributed by atoms with van der Waals surface area (Å²) in [6, 6.07) is 7.88. The summed E-state index contributed by atoms with van der Waals surface area (Å²) in [5.74, 6) is 2.26. The number of hydrogen-bond donors (Lipinski definition) is 1. The molecule has 2 saturated heterocycles. The summed E-state index contributed by atoms with van der Waals surface area (Å²) < 4.78 is 0. The summed E-state index contributed by atoms with van der Waals surface area (Å²) in [6.07, 6.45) is 3.30. The quantitative estimate of drug-likeness (QED) is 0.640. The number of anilines is 1. The van der Waals surface area contributed by atoms with Crippen LogP contribution in [-0.2, 0) is 16.0 Å². The molecule has 2 fully saturated rings. The van der Waals surface area contributed by atoms with E-state index in [1.807, 2.05) is 30.0 Å².